The number of guanidine groups is 1. The monoisotopic (exact) mass is 366 g/mol. The van der Waals surface area contributed by atoms with Crippen LogP contribution in [0.5, 0.6) is 0 Å². The first-order chi connectivity index (χ1) is 10.5. The summed E-state index contributed by atoms with van der Waals surface area (Å²) in [5.41, 5.74) is 7.64. The SMILES string of the molecule is Cc1ccc(Br)cc1NC(=O)CCNC(N)=NCC1CCC1. The highest BCUT2D eigenvalue weighted by Gasteiger charge is 2.16. The van der Waals surface area contributed by atoms with Gasteiger partial charge >= 0.3 is 0 Å². The van der Waals surface area contributed by atoms with Crippen LogP contribution < -0.4 is 16.4 Å². The highest BCUT2D eigenvalue weighted by molar-refractivity contribution is 9.10. The number of nitrogens with one attached hydrogen (secondary N) is 2. The zero-order chi connectivity index (χ0) is 15.9. The smallest absolute Gasteiger partial charge is 0.226 e. The second-order valence-electron chi connectivity index (χ2n) is 5.71. The topological polar surface area (TPSA) is 79.5 Å². The number of aliphatic imine (C=N–C) groups is 1. The Labute approximate surface area is 139 Å². The Hall–Kier alpha value is -1.56. The molecule has 0 unspecified atom stereocenters. The van der Waals surface area contributed by atoms with Gasteiger partial charge in [0.15, 0.2) is 5.96 Å². The molecule has 1 saturated carbocycles. The van der Waals surface area contributed by atoms with Crippen LogP contribution in [0.1, 0.15) is 31.2 Å². The van der Waals surface area contributed by atoms with Crippen LogP contribution in [0.2, 0.25) is 0 Å². The van der Waals surface area contributed by atoms with Crippen LogP contribution in [0.15, 0.2) is 27.7 Å². The zero-order valence-electron chi connectivity index (χ0n) is 12.9. The fourth-order valence-electron chi connectivity index (χ4n) is 2.20. The summed E-state index contributed by atoms with van der Waals surface area (Å²) in [6, 6.07) is 5.81. The molecule has 1 amide bonds. The van der Waals surface area contributed by atoms with Gasteiger partial charge in [-0.1, -0.05) is 28.4 Å². The Balaban J connectivity index is 1.69. The summed E-state index contributed by atoms with van der Waals surface area (Å²) in [5, 5.41) is 5.89. The number of anilines is 1. The van der Waals surface area contributed by atoms with Crippen LogP contribution in [-0.2, 0) is 4.79 Å². The van der Waals surface area contributed by atoms with E-state index in [9.17, 15) is 4.79 Å². The van der Waals surface area contributed by atoms with Gasteiger partial charge in [0.2, 0.25) is 5.91 Å². The molecule has 0 saturated heterocycles. The summed E-state index contributed by atoms with van der Waals surface area (Å²) in [5.74, 6) is 1.09. The van der Waals surface area contributed by atoms with Gasteiger partial charge in [-0.05, 0) is 43.4 Å². The molecule has 0 bridgehead atoms. The fraction of sp³-hybridized carbons (Fsp3) is 0.500. The average molecular weight is 367 g/mol. The molecule has 6 heteroatoms. The number of carbonyl (C=O) groups is 1. The van der Waals surface area contributed by atoms with Gasteiger partial charge in [-0.2, -0.15) is 0 Å². The lowest BCUT2D eigenvalue weighted by atomic mass is 9.86. The van der Waals surface area contributed by atoms with E-state index in [-0.39, 0.29) is 5.91 Å². The van der Waals surface area contributed by atoms with Crippen molar-refractivity contribution in [3.05, 3.63) is 28.2 Å². The number of rotatable bonds is 6. The molecule has 1 aliphatic rings. The molecule has 0 spiro atoms. The number of aryl methyl sites for hydroxylation is 1. The highest BCUT2D eigenvalue weighted by atomic mass is 79.9. The van der Waals surface area contributed by atoms with Crippen LogP contribution in [-0.4, -0.2) is 25.0 Å². The number of hydrogen-bond acceptors (Lipinski definition) is 2. The third kappa shape index (κ3) is 5.33. The van der Waals surface area contributed by atoms with Crippen molar-refractivity contribution in [1.29, 1.82) is 0 Å². The number of nitrogens with two attached hydrogens (primary N) is 1. The molecule has 1 fully saturated rings. The largest absolute Gasteiger partial charge is 0.370 e. The predicted octanol–water partition coefficient (Wildman–Crippen LogP) is 2.79. The van der Waals surface area contributed by atoms with Crippen molar-refractivity contribution in [3.8, 4) is 0 Å². The van der Waals surface area contributed by atoms with E-state index in [1.807, 2.05) is 25.1 Å². The lowest BCUT2D eigenvalue weighted by Gasteiger charge is -2.23. The van der Waals surface area contributed by atoms with Crippen LogP contribution in [0.3, 0.4) is 0 Å². The van der Waals surface area contributed by atoms with E-state index in [1.54, 1.807) is 0 Å². The Kier molecular flexibility index (Phi) is 6.24. The number of carbonyl (C=O) groups excluding carboxylic acids is 1. The second-order valence-corrected chi connectivity index (χ2v) is 6.62. The van der Waals surface area contributed by atoms with E-state index in [0.29, 0.717) is 24.8 Å². The molecule has 0 aromatic heterocycles. The third-order valence-corrected chi connectivity index (χ3v) is 4.37. The molecule has 1 aromatic carbocycles. The minimum absolute atomic E-state index is 0.0412. The Morgan fingerprint density at radius 2 is 2.23 bits per heavy atom. The second kappa shape index (κ2) is 8.17. The number of hydrogen-bond donors (Lipinski definition) is 3. The molecule has 0 atom stereocenters. The number of nitrogens with zero attached hydrogens (tertiary/aromatic N) is 1. The van der Waals surface area contributed by atoms with Crippen molar-refractivity contribution in [2.75, 3.05) is 18.4 Å². The van der Waals surface area contributed by atoms with E-state index in [0.717, 1.165) is 22.3 Å². The normalized spacial score (nSPS) is 15.3. The molecular weight excluding hydrogens is 344 g/mol. The summed E-state index contributed by atoms with van der Waals surface area (Å²) in [6.07, 6.45) is 4.17. The quantitative estimate of drug-likeness (QED) is 0.534. The van der Waals surface area contributed by atoms with Crippen molar-refractivity contribution < 1.29 is 4.79 Å². The molecule has 1 aliphatic carbocycles. The molecule has 0 heterocycles. The van der Waals surface area contributed by atoms with E-state index in [4.69, 9.17) is 5.73 Å². The Morgan fingerprint density at radius 3 is 2.91 bits per heavy atom. The molecule has 0 radical (unpaired) electrons. The van der Waals surface area contributed by atoms with Crippen molar-refractivity contribution in [3.63, 3.8) is 0 Å². The molecule has 2 rings (SSSR count). The minimum atomic E-state index is -0.0412. The summed E-state index contributed by atoms with van der Waals surface area (Å²) in [7, 11) is 0. The van der Waals surface area contributed by atoms with Gasteiger partial charge in [-0.3, -0.25) is 9.79 Å². The van der Waals surface area contributed by atoms with Gasteiger partial charge in [0.1, 0.15) is 0 Å². The Bertz CT molecular complexity index is 555. The third-order valence-electron chi connectivity index (χ3n) is 3.88. The number of benzene rings is 1. The molecule has 22 heavy (non-hydrogen) atoms. The van der Waals surface area contributed by atoms with E-state index in [2.05, 4.69) is 31.6 Å². The van der Waals surface area contributed by atoms with Crippen molar-refractivity contribution in [2.24, 2.45) is 16.6 Å². The molecule has 0 aliphatic heterocycles. The van der Waals surface area contributed by atoms with Gasteiger partial charge in [-0.25, -0.2) is 0 Å². The number of halogens is 1. The predicted molar refractivity (Wildman–Crippen MR) is 94.0 cm³/mol. The first-order valence-corrected chi connectivity index (χ1v) is 8.43. The molecule has 5 nitrogen and oxygen atoms in total. The first kappa shape index (κ1) is 16.8. The lowest BCUT2D eigenvalue weighted by molar-refractivity contribution is -0.116. The zero-order valence-corrected chi connectivity index (χ0v) is 14.4. The summed E-state index contributed by atoms with van der Waals surface area (Å²) in [4.78, 5) is 16.2. The van der Waals surface area contributed by atoms with E-state index >= 15 is 0 Å². The first-order valence-electron chi connectivity index (χ1n) is 7.64. The summed E-state index contributed by atoms with van der Waals surface area (Å²) >= 11 is 3.40. The summed E-state index contributed by atoms with van der Waals surface area (Å²) in [6.45, 7) is 3.24. The highest BCUT2D eigenvalue weighted by Crippen LogP contribution is 2.26. The van der Waals surface area contributed by atoms with Crippen molar-refractivity contribution in [2.45, 2.75) is 32.6 Å². The van der Waals surface area contributed by atoms with Gasteiger partial charge in [0.05, 0.1) is 0 Å². The average Bonchev–Trinajstić information content (AvgIpc) is 2.41. The lowest BCUT2D eigenvalue weighted by Crippen LogP contribution is -2.34. The van der Waals surface area contributed by atoms with E-state index < -0.39 is 0 Å². The summed E-state index contributed by atoms with van der Waals surface area (Å²) < 4.78 is 0.943. The van der Waals surface area contributed by atoms with Gasteiger partial charge in [0, 0.05) is 29.7 Å². The maximum absolute atomic E-state index is 11.9. The van der Waals surface area contributed by atoms with Crippen LogP contribution in [0, 0.1) is 12.8 Å². The maximum atomic E-state index is 11.9. The molecule has 4 N–H and O–H groups in total. The van der Waals surface area contributed by atoms with Crippen molar-refractivity contribution in [1.82, 2.24) is 5.32 Å². The van der Waals surface area contributed by atoms with Crippen LogP contribution >= 0.6 is 15.9 Å². The maximum Gasteiger partial charge on any atom is 0.226 e. The minimum Gasteiger partial charge on any atom is -0.370 e. The molecular formula is C16H23BrN4O. The van der Waals surface area contributed by atoms with Gasteiger partial charge in [-0.15, -0.1) is 0 Å². The van der Waals surface area contributed by atoms with E-state index in [1.165, 1.54) is 19.3 Å². The molecule has 1 aromatic rings. The number of amides is 1. The van der Waals surface area contributed by atoms with Crippen LogP contribution in [0.4, 0.5) is 5.69 Å². The van der Waals surface area contributed by atoms with Crippen molar-refractivity contribution >= 4 is 33.5 Å². The Morgan fingerprint density at radius 1 is 1.45 bits per heavy atom. The fourth-order valence-corrected chi connectivity index (χ4v) is 2.57. The molecule has 120 valence electrons. The van der Waals surface area contributed by atoms with Gasteiger partial charge in [0.25, 0.3) is 0 Å². The standard InChI is InChI=1S/C16H23BrN4O/c1-11-5-6-13(17)9-14(11)21-15(22)7-8-19-16(18)20-10-12-3-2-4-12/h5-6,9,12H,2-4,7-8,10H2,1H3,(H,21,22)(H3,18,19,20). The van der Waals surface area contributed by atoms with Crippen LogP contribution in [0.25, 0.3) is 0 Å². The van der Waals surface area contributed by atoms with Gasteiger partial charge < -0.3 is 16.4 Å².